The van der Waals surface area contributed by atoms with Gasteiger partial charge in [0.1, 0.15) is 23.3 Å². The number of nitriles is 6. The number of benzene rings is 2. The van der Waals surface area contributed by atoms with Crippen LogP contribution in [0.1, 0.15) is 22.3 Å². The Morgan fingerprint density at radius 3 is 1.00 bits per heavy atom. The monoisotopic (exact) mass is 410 g/mol. The molecule has 0 amide bonds. The van der Waals surface area contributed by atoms with E-state index in [1.165, 1.54) is 48.5 Å². The molecule has 0 atom stereocenters. The third kappa shape index (κ3) is 3.29. The number of rotatable bonds is 5. The van der Waals surface area contributed by atoms with E-state index in [4.69, 9.17) is 21.3 Å². The highest BCUT2D eigenvalue weighted by atomic mass is 14.6. The fourth-order valence-corrected chi connectivity index (χ4v) is 3.18. The zero-order chi connectivity index (χ0) is 23.8. The molecule has 0 aliphatic carbocycles. The maximum atomic E-state index is 10.0. The Morgan fingerprint density at radius 1 is 0.531 bits per heavy atom. The smallest absolute Gasteiger partial charge is 0.204 e. The molecule has 2 N–H and O–H groups in total. The molecule has 0 bridgehead atoms. The molecular formula is C24H10N8. The van der Waals surface area contributed by atoms with Crippen LogP contribution in [0, 0.1) is 78.8 Å². The van der Waals surface area contributed by atoms with Crippen molar-refractivity contribution in [3.05, 3.63) is 70.8 Å². The van der Waals surface area contributed by atoms with Gasteiger partial charge in [-0.05, 0) is 22.9 Å². The van der Waals surface area contributed by atoms with Crippen LogP contribution in [0.5, 0.6) is 0 Å². The molecule has 0 spiro atoms. The summed E-state index contributed by atoms with van der Waals surface area (Å²) < 4.78 is 0. The molecule has 0 fully saturated rings. The number of nitrogens with zero attached hydrogens (tertiary/aromatic N) is 6. The van der Waals surface area contributed by atoms with E-state index >= 15 is 0 Å². The first kappa shape index (κ1) is 22.6. The Morgan fingerprint density at radius 2 is 0.812 bits per heavy atom. The van der Waals surface area contributed by atoms with Crippen LogP contribution in [0.3, 0.4) is 0 Å². The molecule has 8 heteroatoms. The normalized spacial score (nSPS) is 9.69. The second-order valence-electron chi connectivity index (χ2n) is 6.33. The molecule has 0 saturated carbocycles. The standard InChI is InChI=1S/C24H10N8/c25-9-19(10-26)17-1-5-21(6-2-17)23(13-29,14-30)24(15-31,16-32)22-7-3-18(4-8-22)20(11-27)12-28/h1-8,25,27H. The van der Waals surface area contributed by atoms with Crippen LogP contribution in [0.4, 0.5) is 0 Å². The van der Waals surface area contributed by atoms with Gasteiger partial charge < -0.3 is 0 Å². The highest BCUT2D eigenvalue weighted by molar-refractivity contribution is 5.96. The van der Waals surface area contributed by atoms with Crippen LogP contribution in [0.2, 0.25) is 0 Å². The highest BCUT2D eigenvalue weighted by Crippen LogP contribution is 2.44. The third-order valence-electron chi connectivity index (χ3n) is 4.92. The summed E-state index contributed by atoms with van der Waals surface area (Å²) in [6.45, 7) is 0. The minimum Gasteiger partial charge on any atom is -0.258 e. The summed E-state index contributed by atoms with van der Waals surface area (Å²) in [7, 11) is 0. The predicted octanol–water partition coefficient (Wildman–Crippen LogP) is 3.27. The van der Waals surface area contributed by atoms with Gasteiger partial charge in [-0.3, -0.25) is 10.8 Å². The molecule has 0 aliphatic heterocycles. The summed E-state index contributed by atoms with van der Waals surface area (Å²) in [5.41, 5.74) is -3.86. The summed E-state index contributed by atoms with van der Waals surface area (Å²) in [5.74, 6) is 3.97. The van der Waals surface area contributed by atoms with Crippen LogP contribution in [-0.2, 0) is 10.8 Å². The molecule has 146 valence electrons. The van der Waals surface area contributed by atoms with Crippen LogP contribution in [-0.4, -0.2) is 11.7 Å². The van der Waals surface area contributed by atoms with Gasteiger partial charge in [0.05, 0.1) is 24.3 Å². The lowest BCUT2D eigenvalue weighted by atomic mass is 9.59. The van der Waals surface area contributed by atoms with E-state index in [9.17, 15) is 21.0 Å². The second kappa shape index (κ2) is 9.19. The van der Waals surface area contributed by atoms with Crippen LogP contribution >= 0.6 is 0 Å². The first-order chi connectivity index (χ1) is 15.5. The average molecular weight is 410 g/mol. The van der Waals surface area contributed by atoms with Gasteiger partial charge in [-0.1, -0.05) is 48.5 Å². The van der Waals surface area contributed by atoms with Gasteiger partial charge in [0.15, 0.2) is 0 Å². The van der Waals surface area contributed by atoms with E-state index in [1.54, 1.807) is 12.1 Å². The Labute approximate surface area is 183 Å². The van der Waals surface area contributed by atoms with Crippen molar-refractivity contribution in [3.8, 4) is 36.4 Å². The molecule has 0 heterocycles. The molecule has 2 rings (SSSR count). The fourth-order valence-electron chi connectivity index (χ4n) is 3.18. The minimum atomic E-state index is -2.24. The van der Waals surface area contributed by atoms with E-state index in [1.807, 2.05) is 36.0 Å². The summed E-state index contributed by atoms with van der Waals surface area (Å²) in [6.07, 6.45) is 0. The quantitative estimate of drug-likeness (QED) is 0.561. The highest BCUT2D eigenvalue weighted by Gasteiger charge is 2.57. The molecular weight excluding hydrogens is 400 g/mol. The van der Waals surface area contributed by atoms with E-state index < -0.39 is 10.8 Å². The summed E-state index contributed by atoms with van der Waals surface area (Å²) >= 11 is 0. The van der Waals surface area contributed by atoms with E-state index in [0.717, 1.165) is 0 Å². The van der Waals surface area contributed by atoms with Crippen molar-refractivity contribution < 1.29 is 0 Å². The first-order valence-electron chi connectivity index (χ1n) is 8.73. The number of nitrogens with one attached hydrogen (secondary N) is 2. The van der Waals surface area contributed by atoms with Gasteiger partial charge >= 0.3 is 0 Å². The molecule has 0 saturated heterocycles. The SMILES string of the molecule is N#CC(=C=N)c1ccc(C(C#N)(C#N)C(C#N)(C#N)c2ccc(C(=C=N)C#N)cc2)cc1. The lowest BCUT2D eigenvalue weighted by Crippen LogP contribution is -2.45. The Kier molecular flexibility index (Phi) is 6.48. The zero-order valence-corrected chi connectivity index (χ0v) is 16.3. The van der Waals surface area contributed by atoms with Gasteiger partial charge in [0.2, 0.25) is 10.8 Å². The van der Waals surface area contributed by atoms with Gasteiger partial charge in [0.25, 0.3) is 0 Å². The lowest BCUT2D eigenvalue weighted by molar-refractivity contribution is 0.524. The molecule has 2 aromatic rings. The first-order valence-corrected chi connectivity index (χ1v) is 8.73. The average Bonchev–Trinajstić information content (AvgIpc) is 2.85. The summed E-state index contributed by atoms with van der Waals surface area (Å²) in [5, 5.41) is 72.5. The lowest BCUT2D eigenvalue weighted by Gasteiger charge is -2.32. The van der Waals surface area contributed by atoms with Gasteiger partial charge in [0, 0.05) is 11.1 Å². The maximum Gasteiger partial charge on any atom is 0.204 e. The zero-order valence-electron chi connectivity index (χ0n) is 16.3. The van der Waals surface area contributed by atoms with Gasteiger partial charge in [-0.2, -0.15) is 31.6 Å². The predicted molar refractivity (Wildman–Crippen MR) is 112 cm³/mol. The molecule has 0 aliphatic rings. The molecule has 0 aromatic heterocycles. The van der Waals surface area contributed by atoms with Crippen molar-refractivity contribution >= 4 is 22.9 Å². The van der Waals surface area contributed by atoms with Crippen molar-refractivity contribution in [2.24, 2.45) is 0 Å². The van der Waals surface area contributed by atoms with Crippen molar-refractivity contribution in [1.82, 2.24) is 0 Å². The largest absolute Gasteiger partial charge is 0.258 e. The Hall–Kier alpha value is -5.72. The maximum absolute atomic E-state index is 10.0. The number of allylic oxidation sites excluding steroid dienone is 2. The van der Waals surface area contributed by atoms with Crippen LogP contribution < -0.4 is 0 Å². The van der Waals surface area contributed by atoms with Crippen LogP contribution in [0.15, 0.2) is 48.5 Å². The molecule has 2 aromatic carbocycles. The summed E-state index contributed by atoms with van der Waals surface area (Å²) in [4.78, 5) is 0. The van der Waals surface area contributed by atoms with Crippen molar-refractivity contribution in [1.29, 1.82) is 42.4 Å². The fraction of sp³-hybridized carbons (Fsp3) is 0.0833. The van der Waals surface area contributed by atoms with Crippen molar-refractivity contribution in [3.63, 3.8) is 0 Å². The van der Waals surface area contributed by atoms with Gasteiger partial charge in [-0.15, -0.1) is 0 Å². The third-order valence-corrected chi connectivity index (χ3v) is 4.92. The minimum absolute atomic E-state index is 0.0535. The van der Waals surface area contributed by atoms with E-state index in [2.05, 4.69) is 0 Å². The van der Waals surface area contributed by atoms with Crippen molar-refractivity contribution in [2.75, 3.05) is 0 Å². The van der Waals surface area contributed by atoms with Crippen molar-refractivity contribution in [2.45, 2.75) is 10.8 Å². The molecule has 0 unspecified atom stereocenters. The summed E-state index contributed by atoms with van der Waals surface area (Å²) in [6, 6.07) is 21.9. The van der Waals surface area contributed by atoms with Crippen LogP contribution in [0.25, 0.3) is 11.1 Å². The molecule has 32 heavy (non-hydrogen) atoms. The molecule has 0 radical (unpaired) electrons. The number of hydrogen-bond donors (Lipinski definition) is 2. The van der Waals surface area contributed by atoms with E-state index in [-0.39, 0.29) is 22.3 Å². The molecule has 8 nitrogen and oxygen atoms in total. The second-order valence-corrected chi connectivity index (χ2v) is 6.33. The topological polar surface area (TPSA) is 190 Å². The van der Waals surface area contributed by atoms with E-state index in [0.29, 0.717) is 11.1 Å². The van der Waals surface area contributed by atoms with Gasteiger partial charge in [-0.25, -0.2) is 0 Å². The Bertz CT molecular complexity index is 1280. The number of hydrogen-bond acceptors (Lipinski definition) is 8. The Balaban J connectivity index is 2.79.